The summed E-state index contributed by atoms with van der Waals surface area (Å²) < 4.78 is 42.3. The highest BCUT2D eigenvalue weighted by molar-refractivity contribution is 5.05. The molecule has 0 aromatic carbocycles. The second kappa shape index (κ2) is 3.80. The van der Waals surface area contributed by atoms with Crippen molar-refractivity contribution in [1.29, 1.82) is 0 Å². The van der Waals surface area contributed by atoms with Crippen LogP contribution in [0, 0.1) is 0 Å². The summed E-state index contributed by atoms with van der Waals surface area (Å²) in [5.41, 5.74) is 3.09. The molecular formula is C8H12F3N3O. The molecule has 0 unspecified atom stereocenters. The Morgan fingerprint density at radius 3 is 2.40 bits per heavy atom. The third-order valence-corrected chi connectivity index (χ3v) is 2.08. The Labute approximate surface area is 84.6 Å². The number of nitrogens with two attached hydrogens (primary N) is 1. The van der Waals surface area contributed by atoms with Gasteiger partial charge in [0.1, 0.15) is 5.41 Å². The maximum Gasteiger partial charge on any atom is 0.402 e. The molecule has 1 aromatic heterocycles. The third-order valence-electron chi connectivity index (χ3n) is 2.08. The average molecular weight is 223 g/mol. The highest BCUT2D eigenvalue weighted by atomic mass is 19.4. The average Bonchev–Trinajstić information content (AvgIpc) is 2.51. The van der Waals surface area contributed by atoms with E-state index in [1.54, 1.807) is 0 Å². The highest BCUT2D eigenvalue weighted by Gasteiger charge is 2.52. The van der Waals surface area contributed by atoms with Crippen molar-refractivity contribution >= 4 is 0 Å². The number of hydrogen-bond donors (Lipinski definition) is 1. The van der Waals surface area contributed by atoms with Gasteiger partial charge in [-0.3, -0.25) is 0 Å². The minimum Gasteiger partial charge on any atom is -0.338 e. The Bertz CT molecular complexity index is 332. The van der Waals surface area contributed by atoms with Crippen LogP contribution in [0.5, 0.6) is 0 Å². The van der Waals surface area contributed by atoms with Gasteiger partial charge in [0.15, 0.2) is 5.82 Å². The summed E-state index contributed by atoms with van der Waals surface area (Å²) in [4.78, 5) is 3.66. The van der Waals surface area contributed by atoms with Gasteiger partial charge in [0.05, 0.1) is 0 Å². The molecule has 4 nitrogen and oxygen atoms in total. The normalized spacial score (nSPS) is 13.2. The van der Waals surface area contributed by atoms with Crippen molar-refractivity contribution in [1.82, 2.24) is 10.1 Å². The summed E-state index contributed by atoms with van der Waals surface area (Å²) >= 11 is 0. The number of aromatic nitrogens is 2. The SMILES string of the molecule is CC(C)(c1nc(CCN)no1)C(F)(F)F. The van der Waals surface area contributed by atoms with Crippen molar-refractivity contribution in [2.75, 3.05) is 6.54 Å². The quantitative estimate of drug-likeness (QED) is 0.841. The van der Waals surface area contributed by atoms with E-state index in [1.807, 2.05) is 0 Å². The predicted octanol–water partition coefficient (Wildman–Crippen LogP) is 1.41. The largest absolute Gasteiger partial charge is 0.402 e. The minimum atomic E-state index is -4.42. The zero-order valence-corrected chi connectivity index (χ0v) is 8.43. The van der Waals surface area contributed by atoms with Gasteiger partial charge in [0.2, 0.25) is 5.89 Å². The van der Waals surface area contributed by atoms with E-state index in [1.165, 1.54) is 0 Å². The van der Waals surface area contributed by atoms with E-state index in [4.69, 9.17) is 5.73 Å². The molecule has 0 aliphatic heterocycles. The van der Waals surface area contributed by atoms with Crippen molar-refractivity contribution < 1.29 is 17.7 Å². The molecule has 0 fully saturated rings. The van der Waals surface area contributed by atoms with E-state index < -0.39 is 17.5 Å². The van der Waals surface area contributed by atoms with Gasteiger partial charge in [-0.25, -0.2) is 0 Å². The maximum atomic E-state index is 12.6. The fourth-order valence-electron chi connectivity index (χ4n) is 0.860. The molecule has 2 N–H and O–H groups in total. The lowest BCUT2D eigenvalue weighted by molar-refractivity contribution is -0.186. The summed E-state index contributed by atoms with van der Waals surface area (Å²) in [7, 11) is 0. The van der Waals surface area contributed by atoms with Crippen LogP contribution < -0.4 is 5.73 Å². The highest BCUT2D eigenvalue weighted by Crippen LogP contribution is 2.39. The van der Waals surface area contributed by atoms with Crippen LogP contribution in [0.2, 0.25) is 0 Å². The molecule has 0 aliphatic carbocycles. The predicted molar refractivity (Wildman–Crippen MR) is 46.1 cm³/mol. The third kappa shape index (κ3) is 2.28. The zero-order chi connectivity index (χ0) is 11.7. The van der Waals surface area contributed by atoms with Gasteiger partial charge < -0.3 is 10.3 Å². The van der Waals surface area contributed by atoms with Crippen molar-refractivity contribution in [2.45, 2.75) is 31.9 Å². The first-order valence-electron chi connectivity index (χ1n) is 4.39. The molecule has 0 amide bonds. The van der Waals surface area contributed by atoms with Crippen LogP contribution in [-0.4, -0.2) is 22.9 Å². The molecule has 0 spiro atoms. The smallest absolute Gasteiger partial charge is 0.338 e. The molecule has 86 valence electrons. The van der Waals surface area contributed by atoms with E-state index in [0.29, 0.717) is 6.42 Å². The lowest BCUT2D eigenvalue weighted by Gasteiger charge is -2.22. The number of halogens is 3. The fourth-order valence-corrected chi connectivity index (χ4v) is 0.860. The second-order valence-electron chi connectivity index (χ2n) is 3.68. The maximum absolute atomic E-state index is 12.6. The molecule has 0 saturated carbocycles. The van der Waals surface area contributed by atoms with E-state index >= 15 is 0 Å². The molecule has 0 aliphatic rings. The van der Waals surface area contributed by atoms with Gasteiger partial charge in [-0.1, -0.05) is 5.16 Å². The summed E-state index contributed by atoms with van der Waals surface area (Å²) in [6, 6.07) is 0. The van der Waals surface area contributed by atoms with Gasteiger partial charge in [-0.15, -0.1) is 0 Å². The van der Waals surface area contributed by atoms with Crippen molar-refractivity contribution in [3.8, 4) is 0 Å². The Morgan fingerprint density at radius 2 is 1.93 bits per heavy atom. The fraction of sp³-hybridized carbons (Fsp3) is 0.750. The number of nitrogens with zero attached hydrogens (tertiary/aromatic N) is 2. The summed E-state index contributed by atoms with van der Waals surface area (Å²) in [5.74, 6) is -0.233. The van der Waals surface area contributed by atoms with Crippen LogP contribution in [0.1, 0.15) is 25.6 Å². The van der Waals surface area contributed by atoms with E-state index in [9.17, 15) is 13.2 Å². The molecule has 1 aromatic rings. The van der Waals surface area contributed by atoms with E-state index in [0.717, 1.165) is 13.8 Å². The van der Waals surface area contributed by atoms with Crippen LogP contribution >= 0.6 is 0 Å². The van der Waals surface area contributed by atoms with Crippen LogP contribution in [-0.2, 0) is 11.8 Å². The monoisotopic (exact) mass is 223 g/mol. The molecular weight excluding hydrogens is 211 g/mol. The van der Waals surface area contributed by atoms with Crippen LogP contribution in [0.15, 0.2) is 4.52 Å². The van der Waals surface area contributed by atoms with Gasteiger partial charge in [-0.2, -0.15) is 18.2 Å². The van der Waals surface area contributed by atoms with Crippen LogP contribution in [0.3, 0.4) is 0 Å². The van der Waals surface area contributed by atoms with Crippen molar-refractivity contribution in [3.05, 3.63) is 11.7 Å². The molecule has 15 heavy (non-hydrogen) atoms. The van der Waals surface area contributed by atoms with Gasteiger partial charge >= 0.3 is 6.18 Å². The molecule has 7 heteroatoms. The van der Waals surface area contributed by atoms with E-state index in [2.05, 4.69) is 14.7 Å². The Kier molecular flexibility index (Phi) is 3.03. The molecule has 0 bridgehead atoms. The molecule has 1 rings (SSSR count). The van der Waals surface area contributed by atoms with Gasteiger partial charge in [0.25, 0.3) is 0 Å². The number of alkyl halides is 3. The Morgan fingerprint density at radius 1 is 1.33 bits per heavy atom. The lowest BCUT2D eigenvalue weighted by Crippen LogP contribution is -2.36. The van der Waals surface area contributed by atoms with Crippen molar-refractivity contribution in [3.63, 3.8) is 0 Å². The molecule has 0 radical (unpaired) electrons. The van der Waals surface area contributed by atoms with Crippen LogP contribution in [0.25, 0.3) is 0 Å². The van der Waals surface area contributed by atoms with Crippen LogP contribution in [0.4, 0.5) is 13.2 Å². The summed E-state index contributed by atoms with van der Waals surface area (Å²) in [6.45, 7) is 2.25. The Hall–Kier alpha value is -1.11. The number of hydrogen-bond acceptors (Lipinski definition) is 4. The summed E-state index contributed by atoms with van der Waals surface area (Å²) in [5, 5.41) is 3.42. The minimum absolute atomic E-state index is 0.199. The zero-order valence-electron chi connectivity index (χ0n) is 8.43. The molecule has 1 heterocycles. The molecule has 0 saturated heterocycles. The topological polar surface area (TPSA) is 64.9 Å². The van der Waals surface area contributed by atoms with Gasteiger partial charge in [0, 0.05) is 6.42 Å². The first-order chi connectivity index (χ1) is 6.79. The van der Waals surface area contributed by atoms with Crippen molar-refractivity contribution in [2.24, 2.45) is 5.73 Å². The van der Waals surface area contributed by atoms with E-state index in [-0.39, 0.29) is 12.4 Å². The standard InChI is InChI=1S/C8H12F3N3O/c1-7(2,8(9,10)11)6-13-5(3-4-12)14-15-6/h3-4,12H2,1-2H3. The van der Waals surface area contributed by atoms with Gasteiger partial charge in [-0.05, 0) is 20.4 Å². The Balaban J connectivity index is 2.95. The lowest BCUT2D eigenvalue weighted by atomic mass is 9.93. The summed E-state index contributed by atoms with van der Waals surface area (Å²) in [6.07, 6.45) is -4.11. The molecule has 0 atom stereocenters. The number of rotatable bonds is 3. The first kappa shape index (κ1) is 12.0. The second-order valence-corrected chi connectivity index (χ2v) is 3.68. The first-order valence-corrected chi connectivity index (χ1v) is 4.39.